The number of hydrogen-bond donors (Lipinski definition) is 2. The van der Waals surface area contributed by atoms with E-state index in [0.29, 0.717) is 12.5 Å². The zero-order valence-electron chi connectivity index (χ0n) is 15.3. The van der Waals surface area contributed by atoms with Gasteiger partial charge in [-0.05, 0) is 60.6 Å². The summed E-state index contributed by atoms with van der Waals surface area (Å²) in [5, 5.41) is 6.09. The number of carbonyl (C=O) groups is 1. The Bertz CT molecular complexity index is 709. The fraction of sp³-hybridized carbons (Fsp3) is 0.381. The van der Waals surface area contributed by atoms with Gasteiger partial charge in [-0.1, -0.05) is 24.3 Å². The van der Waals surface area contributed by atoms with Crippen LogP contribution in [0.5, 0.6) is 11.5 Å². The van der Waals surface area contributed by atoms with E-state index in [4.69, 9.17) is 9.47 Å². The lowest BCUT2D eigenvalue weighted by Gasteiger charge is -2.19. The minimum atomic E-state index is -0.119. The molecule has 5 nitrogen and oxygen atoms in total. The van der Waals surface area contributed by atoms with Gasteiger partial charge in [0.25, 0.3) is 0 Å². The lowest BCUT2D eigenvalue weighted by molar-refractivity contribution is 0.235. The highest BCUT2D eigenvalue weighted by Gasteiger charge is 2.33. The summed E-state index contributed by atoms with van der Waals surface area (Å²) in [6.45, 7) is 0.595. The first-order chi connectivity index (χ1) is 12.7. The molecular formula is C21H26N2O3. The minimum Gasteiger partial charge on any atom is -0.497 e. The van der Waals surface area contributed by atoms with Crippen LogP contribution in [0.15, 0.2) is 48.5 Å². The Morgan fingerprint density at radius 1 is 1.00 bits per heavy atom. The van der Waals surface area contributed by atoms with Gasteiger partial charge in [-0.3, -0.25) is 0 Å². The normalized spacial score (nSPS) is 14.4. The second-order valence-electron chi connectivity index (χ2n) is 6.59. The largest absolute Gasteiger partial charge is 0.497 e. The molecule has 138 valence electrons. The average molecular weight is 354 g/mol. The summed E-state index contributed by atoms with van der Waals surface area (Å²) in [4.78, 5) is 12.3. The predicted molar refractivity (Wildman–Crippen MR) is 102 cm³/mol. The third-order valence-electron chi connectivity index (χ3n) is 4.71. The van der Waals surface area contributed by atoms with Gasteiger partial charge in [0.2, 0.25) is 0 Å². The molecule has 2 N–H and O–H groups in total. The van der Waals surface area contributed by atoms with Crippen LogP contribution < -0.4 is 20.1 Å². The van der Waals surface area contributed by atoms with E-state index in [0.717, 1.165) is 36.3 Å². The summed E-state index contributed by atoms with van der Waals surface area (Å²) in [7, 11) is 3.31. The van der Waals surface area contributed by atoms with Crippen LogP contribution in [0.4, 0.5) is 4.79 Å². The molecule has 1 atom stereocenters. The van der Waals surface area contributed by atoms with E-state index >= 15 is 0 Å². The zero-order chi connectivity index (χ0) is 18.4. The number of urea groups is 1. The fourth-order valence-electron chi connectivity index (χ4n) is 3.02. The summed E-state index contributed by atoms with van der Waals surface area (Å²) in [6.07, 6.45) is 3.10. The van der Waals surface area contributed by atoms with Crippen molar-refractivity contribution in [2.45, 2.75) is 25.3 Å². The van der Waals surface area contributed by atoms with Gasteiger partial charge in [0, 0.05) is 6.54 Å². The number of hydrogen-bond acceptors (Lipinski definition) is 3. The molecule has 1 unspecified atom stereocenters. The second-order valence-corrected chi connectivity index (χ2v) is 6.59. The van der Waals surface area contributed by atoms with Crippen molar-refractivity contribution < 1.29 is 14.3 Å². The van der Waals surface area contributed by atoms with E-state index in [-0.39, 0.29) is 12.1 Å². The van der Waals surface area contributed by atoms with Gasteiger partial charge in [-0.15, -0.1) is 0 Å². The molecule has 0 bridgehead atoms. The predicted octanol–water partition coefficient (Wildman–Crippen LogP) is 3.70. The second kappa shape index (κ2) is 8.61. The Balaban J connectivity index is 1.49. The van der Waals surface area contributed by atoms with Crippen molar-refractivity contribution in [3.05, 3.63) is 59.7 Å². The Kier molecular flexibility index (Phi) is 6.00. The molecule has 0 heterocycles. The molecule has 3 rings (SSSR count). The van der Waals surface area contributed by atoms with Gasteiger partial charge >= 0.3 is 6.03 Å². The Morgan fingerprint density at radius 2 is 1.58 bits per heavy atom. The quantitative estimate of drug-likeness (QED) is 0.760. The first kappa shape index (κ1) is 18.1. The van der Waals surface area contributed by atoms with Crippen molar-refractivity contribution in [3.8, 4) is 11.5 Å². The molecule has 0 spiro atoms. The average Bonchev–Trinajstić information content (AvgIpc) is 3.52. The maximum atomic E-state index is 12.3. The maximum absolute atomic E-state index is 12.3. The number of rotatable bonds is 8. The fourth-order valence-corrected chi connectivity index (χ4v) is 3.02. The van der Waals surface area contributed by atoms with Crippen LogP contribution >= 0.6 is 0 Å². The molecule has 26 heavy (non-hydrogen) atoms. The van der Waals surface area contributed by atoms with Crippen LogP contribution in [0.2, 0.25) is 0 Å². The summed E-state index contributed by atoms with van der Waals surface area (Å²) >= 11 is 0. The highest BCUT2D eigenvalue weighted by atomic mass is 16.5. The number of benzene rings is 2. The first-order valence-electron chi connectivity index (χ1n) is 9.01. The van der Waals surface area contributed by atoms with E-state index < -0.39 is 0 Å². The monoisotopic (exact) mass is 354 g/mol. The molecule has 0 aromatic heterocycles. The van der Waals surface area contributed by atoms with E-state index in [9.17, 15) is 4.79 Å². The standard InChI is InChI=1S/C21H26N2O3/c1-25-18-9-3-15(4-10-18)13-14-22-21(24)23-20(16-5-6-16)17-7-11-19(26-2)12-8-17/h3-4,7-12,16,20H,5-6,13-14H2,1-2H3,(H2,22,23,24). The molecule has 0 aliphatic heterocycles. The van der Waals surface area contributed by atoms with Crippen molar-refractivity contribution in [3.63, 3.8) is 0 Å². The van der Waals surface area contributed by atoms with Crippen LogP contribution in [-0.2, 0) is 6.42 Å². The smallest absolute Gasteiger partial charge is 0.315 e. The van der Waals surface area contributed by atoms with Crippen molar-refractivity contribution in [1.82, 2.24) is 10.6 Å². The molecular weight excluding hydrogens is 328 g/mol. The molecule has 2 amide bonds. The summed E-state index contributed by atoms with van der Waals surface area (Å²) in [6, 6.07) is 15.8. The van der Waals surface area contributed by atoms with E-state index in [1.807, 2.05) is 48.5 Å². The van der Waals surface area contributed by atoms with Crippen LogP contribution in [0, 0.1) is 5.92 Å². The molecule has 2 aromatic carbocycles. The molecule has 2 aromatic rings. The lowest BCUT2D eigenvalue weighted by atomic mass is 10.0. The number of methoxy groups -OCH3 is 2. The van der Waals surface area contributed by atoms with Crippen molar-refractivity contribution in [2.24, 2.45) is 5.92 Å². The van der Waals surface area contributed by atoms with Gasteiger partial charge in [-0.2, -0.15) is 0 Å². The number of ether oxygens (including phenoxy) is 2. The van der Waals surface area contributed by atoms with E-state index in [1.165, 1.54) is 5.56 Å². The van der Waals surface area contributed by atoms with E-state index in [2.05, 4.69) is 10.6 Å². The zero-order valence-corrected chi connectivity index (χ0v) is 15.3. The van der Waals surface area contributed by atoms with Crippen LogP contribution in [0.1, 0.15) is 30.0 Å². The summed E-state index contributed by atoms with van der Waals surface area (Å²) in [5.41, 5.74) is 2.29. The highest BCUT2D eigenvalue weighted by Crippen LogP contribution is 2.41. The topological polar surface area (TPSA) is 59.6 Å². The van der Waals surface area contributed by atoms with Gasteiger partial charge in [0.05, 0.1) is 20.3 Å². The van der Waals surface area contributed by atoms with Gasteiger partial charge in [0.1, 0.15) is 11.5 Å². The molecule has 0 radical (unpaired) electrons. The summed E-state index contributed by atoms with van der Waals surface area (Å²) < 4.78 is 10.4. The van der Waals surface area contributed by atoms with Crippen LogP contribution in [-0.4, -0.2) is 26.8 Å². The van der Waals surface area contributed by atoms with Crippen LogP contribution in [0.3, 0.4) is 0 Å². The number of carbonyl (C=O) groups excluding carboxylic acids is 1. The van der Waals surface area contributed by atoms with Gasteiger partial charge in [-0.25, -0.2) is 4.79 Å². The molecule has 5 heteroatoms. The summed E-state index contributed by atoms with van der Waals surface area (Å²) in [5.74, 6) is 2.19. The van der Waals surface area contributed by atoms with Crippen molar-refractivity contribution >= 4 is 6.03 Å². The molecule has 0 saturated heterocycles. The van der Waals surface area contributed by atoms with Gasteiger partial charge in [0.15, 0.2) is 0 Å². The van der Waals surface area contributed by atoms with Crippen molar-refractivity contribution in [1.29, 1.82) is 0 Å². The molecule has 1 aliphatic rings. The first-order valence-corrected chi connectivity index (χ1v) is 9.01. The highest BCUT2D eigenvalue weighted by molar-refractivity contribution is 5.74. The van der Waals surface area contributed by atoms with Crippen molar-refractivity contribution in [2.75, 3.05) is 20.8 Å². The van der Waals surface area contributed by atoms with Gasteiger partial charge < -0.3 is 20.1 Å². The maximum Gasteiger partial charge on any atom is 0.315 e. The molecule has 1 aliphatic carbocycles. The Morgan fingerprint density at radius 3 is 2.12 bits per heavy atom. The third-order valence-corrected chi connectivity index (χ3v) is 4.71. The molecule has 1 fully saturated rings. The van der Waals surface area contributed by atoms with Crippen LogP contribution in [0.25, 0.3) is 0 Å². The minimum absolute atomic E-state index is 0.0573. The number of nitrogens with one attached hydrogen (secondary N) is 2. The SMILES string of the molecule is COc1ccc(CCNC(=O)NC(c2ccc(OC)cc2)C2CC2)cc1. The third kappa shape index (κ3) is 4.91. The number of amides is 2. The van der Waals surface area contributed by atoms with E-state index in [1.54, 1.807) is 14.2 Å². The molecule has 1 saturated carbocycles. The Labute approximate surface area is 154 Å². The lowest BCUT2D eigenvalue weighted by Crippen LogP contribution is -2.39. The Hall–Kier alpha value is -2.69.